The van der Waals surface area contributed by atoms with E-state index in [-0.39, 0.29) is 24.2 Å². The van der Waals surface area contributed by atoms with Gasteiger partial charge in [-0.3, -0.25) is 24.1 Å². The molecule has 2 aliphatic heterocycles. The van der Waals surface area contributed by atoms with Crippen LogP contribution in [-0.4, -0.2) is 86.0 Å². The molecule has 40 heavy (non-hydrogen) atoms. The molecule has 3 N–H and O–H groups in total. The van der Waals surface area contributed by atoms with E-state index >= 15 is 0 Å². The van der Waals surface area contributed by atoms with Gasteiger partial charge in [0, 0.05) is 6.42 Å². The maximum atomic E-state index is 13.6. The lowest BCUT2D eigenvalue weighted by Gasteiger charge is -2.25. The summed E-state index contributed by atoms with van der Waals surface area (Å²) in [7, 11) is 3.45. The van der Waals surface area contributed by atoms with Gasteiger partial charge in [0.1, 0.15) is 23.9 Å². The number of hydrogen-bond acceptors (Lipinski definition) is 7. The van der Waals surface area contributed by atoms with Crippen molar-refractivity contribution in [3.05, 3.63) is 65.7 Å². The van der Waals surface area contributed by atoms with Crippen molar-refractivity contribution in [1.29, 1.82) is 0 Å². The van der Waals surface area contributed by atoms with Crippen LogP contribution in [0.5, 0.6) is 5.75 Å². The van der Waals surface area contributed by atoms with Gasteiger partial charge >= 0.3 is 0 Å². The van der Waals surface area contributed by atoms with Crippen LogP contribution >= 0.6 is 0 Å². The third kappa shape index (κ3) is 7.89. The average Bonchev–Trinajstić information content (AvgIpc) is 3.72. The standard InChI is InChI=1S/C30H38N4O6/c1-19(31-30(38)25-10-7-15-34(25)2)28(36)33-24(17-21-11-13-22(39-3)14-12-21)29(37)32-23(27(35)26-18-40-26)16-20-8-5-4-6-9-20/h4-6,8-9,11-14,19,23-26H,7,10,15-18H2,1-3H3,(H,31,38)(H,32,37)(H,33,36)/t19-,23-,24-,25-,26+/m0/s1. The first kappa shape index (κ1) is 29.2. The Balaban J connectivity index is 1.48. The molecule has 0 bridgehead atoms. The first-order chi connectivity index (χ1) is 19.2. The van der Waals surface area contributed by atoms with Crippen LogP contribution in [0.15, 0.2) is 54.6 Å². The van der Waals surface area contributed by atoms with Gasteiger partial charge in [0.15, 0.2) is 5.78 Å². The number of nitrogens with zero attached hydrogens (tertiary/aromatic N) is 1. The number of nitrogens with one attached hydrogen (secondary N) is 3. The van der Waals surface area contributed by atoms with Crippen molar-refractivity contribution in [2.24, 2.45) is 0 Å². The van der Waals surface area contributed by atoms with E-state index in [1.54, 1.807) is 26.2 Å². The number of Topliss-reactive ketones (excluding diaryl/α,β-unsaturated/α-hetero) is 1. The Morgan fingerprint density at radius 2 is 1.55 bits per heavy atom. The van der Waals surface area contributed by atoms with Gasteiger partial charge in [-0.2, -0.15) is 0 Å². The van der Waals surface area contributed by atoms with Crippen molar-refractivity contribution in [1.82, 2.24) is 20.9 Å². The van der Waals surface area contributed by atoms with Gasteiger partial charge in [0.2, 0.25) is 17.7 Å². The van der Waals surface area contributed by atoms with E-state index in [1.165, 1.54) is 0 Å². The lowest BCUT2D eigenvalue weighted by molar-refractivity contribution is -0.134. The Morgan fingerprint density at radius 3 is 2.15 bits per heavy atom. The molecule has 5 atom stereocenters. The molecule has 2 fully saturated rings. The van der Waals surface area contributed by atoms with E-state index in [1.807, 2.05) is 54.4 Å². The quantitative estimate of drug-likeness (QED) is 0.318. The van der Waals surface area contributed by atoms with E-state index in [4.69, 9.17) is 9.47 Å². The third-order valence-corrected chi connectivity index (χ3v) is 7.40. The average molecular weight is 551 g/mol. The lowest BCUT2D eigenvalue weighted by Crippen LogP contribution is -2.57. The lowest BCUT2D eigenvalue weighted by atomic mass is 9.99. The Morgan fingerprint density at radius 1 is 0.925 bits per heavy atom. The first-order valence-corrected chi connectivity index (χ1v) is 13.7. The molecule has 10 nitrogen and oxygen atoms in total. The van der Waals surface area contributed by atoms with E-state index < -0.39 is 36.0 Å². The summed E-state index contributed by atoms with van der Waals surface area (Å²) in [6, 6.07) is 13.7. The topological polar surface area (TPSA) is 129 Å². The minimum absolute atomic E-state index is 0.180. The summed E-state index contributed by atoms with van der Waals surface area (Å²) >= 11 is 0. The molecule has 0 radical (unpaired) electrons. The molecule has 2 saturated heterocycles. The molecule has 10 heteroatoms. The van der Waals surface area contributed by atoms with Crippen LogP contribution in [0.25, 0.3) is 0 Å². The van der Waals surface area contributed by atoms with E-state index in [9.17, 15) is 19.2 Å². The maximum Gasteiger partial charge on any atom is 0.243 e. The number of rotatable bonds is 13. The van der Waals surface area contributed by atoms with E-state index in [0.717, 1.165) is 30.5 Å². The van der Waals surface area contributed by atoms with Crippen molar-refractivity contribution in [3.8, 4) is 5.75 Å². The van der Waals surface area contributed by atoms with Crippen molar-refractivity contribution in [2.45, 2.75) is 62.9 Å². The van der Waals surface area contributed by atoms with Crippen LogP contribution in [-0.2, 0) is 36.8 Å². The fraction of sp³-hybridized carbons (Fsp3) is 0.467. The number of methoxy groups -OCH3 is 1. The monoisotopic (exact) mass is 550 g/mol. The molecule has 0 unspecified atom stereocenters. The first-order valence-electron chi connectivity index (χ1n) is 13.7. The highest BCUT2D eigenvalue weighted by Crippen LogP contribution is 2.17. The predicted octanol–water partition coefficient (Wildman–Crippen LogP) is 1.02. The van der Waals surface area contributed by atoms with Gasteiger partial charge in [0.05, 0.1) is 25.8 Å². The molecular weight excluding hydrogens is 512 g/mol. The van der Waals surface area contributed by atoms with Crippen LogP contribution in [0.4, 0.5) is 0 Å². The summed E-state index contributed by atoms with van der Waals surface area (Å²) in [5.41, 5.74) is 1.69. The second kappa shape index (κ2) is 13.5. The second-order valence-corrected chi connectivity index (χ2v) is 10.5. The number of hydrogen-bond donors (Lipinski definition) is 3. The normalized spacial score (nSPS) is 20.6. The Kier molecular flexibility index (Phi) is 9.89. The molecule has 0 aromatic heterocycles. The van der Waals surface area contributed by atoms with Gasteiger partial charge in [-0.05, 0) is 63.0 Å². The predicted molar refractivity (Wildman–Crippen MR) is 149 cm³/mol. The summed E-state index contributed by atoms with van der Waals surface area (Å²) in [4.78, 5) is 54.5. The van der Waals surface area contributed by atoms with Gasteiger partial charge in [0.25, 0.3) is 0 Å². The zero-order valence-electron chi connectivity index (χ0n) is 23.2. The number of likely N-dealkylation sites (N-methyl/N-ethyl adjacent to an activating group) is 1. The molecule has 2 aromatic carbocycles. The Labute approximate surface area is 234 Å². The number of benzene rings is 2. The van der Waals surface area contributed by atoms with Gasteiger partial charge < -0.3 is 25.4 Å². The summed E-state index contributed by atoms with van der Waals surface area (Å²) in [5, 5.41) is 8.44. The number of ketones is 1. The Bertz CT molecular complexity index is 1180. The molecule has 214 valence electrons. The van der Waals surface area contributed by atoms with Gasteiger partial charge in [-0.15, -0.1) is 0 Å². The van der Waals surface area contributed by atoms with Crippen LogP contribution < -0.4 is 20.7 Å². The zero-order chi connectivity index (χ0) is 28.6. The van der Waals surface area contributed by atoms with Crippen molar-refractivity contribution < 1.29 is 28.7 Å². The highest BCUT2D eigenvalue weighted by atomic mass is 16.6. The fourth-order valence-electron chi connectivity index (χ4n) is 4.90. The SMILES string of the molecule is COc1ccc(C[C@H](NC(=O)[C@H](C)NC(=O)[C@@H]2CCCN2C)C(=O)N[C@@H](Cc2ccccc2)C(=O)[C@H]2CO2)cc1. The molecule has 2 aliphatic rings. The molecule has 3 amide bonds. The number of likely N-dealkylation sites (tertiary alicyclic amines) is 1. The van der Waals surface area contributed by atoms with Crippen LogP contribution in [0.1, 0.15) is 30.9 Å². The third-order valence-electron chi connectivity index (χ3n) is 7.40. The largest absolute Gasteiger partial charge is 0.497 e. The van der Waals surface area contributed by atoms with Crippen LogP contribution in [0.3, 0.4) is 0 Å². The number of amides is 3. The molecular formula is C30H38N4O6. The smallest absolute Gasteiger partial charge is 0.243 e. The summed E-state index contributed by atoms with van der Waals surface area (Å²) < 4.78 is 10.4. The highest BCUT2D eigenvalue weighted by molar-refractivity contribution is 5.97. The number of epoxide rings is 1. The fourth-order valence-corrected chi connectivity index (χ4v) is 4.90. The summed E-state index contributed by atoms with van der Waals surface area (Å²) in [5.74, 6) is -0.725. The van der Waals surface area contributed by atoms with E-state index in [2.05, 4.69) is 16.0 Å². The van der Waals surface area contributed by atoms with Crippen LogP contribution in [0, 0.1) is 0 Å². The number of ether oxygens (including phenoxy) is 2. The molecule has 2 heterocycles. The van der Waals surface area contributed by atoms with Gasteiger partial charge in [-0.1, -0.05) is 42.5 Å². The number of carbonyl (C=O) groups is 4. The molecule has 4 rings (SSSR count). The zero-order valence-corrected chi connectivity index (χ0v) is 23.2. The summed E-state index contributed by atoms with van der Waals surface area (Å²) in [6.07, 6.45) is 1.61. The highest BCUT2D eigenvalue weighted by Gasteiger charge is 2.38. The molecule has 0 spiro atoms. The minimum atomic E-state index is -0.986. The van der Waals surface area contributed by atoms with Crippen LogP contribution in [0.2, 0.25) is 0 Å². The second-order valence-electron chi connectivity index (χ2n) is 10.5. The maximum absolute atomic E-state index is 13.6. The Hall–Kier alpha value is -3.76. The van der Waals surface area contributed by atoms with Crippen molar-refractivity contribution >= 4 is 23.5 Å². The number of carbonyl (C=O) groups excluding carboxylic acids is 4. The van der Waals surface area contributed by atoms with Gasteiger partial charge in [-0.25, -0.2) is 0 Å². The molecule has 0 saturated carbocycles. The van der Waals surface area contributed by atoms with Crippen molar-refractivity contribution in [3.63, 3.8) is 0 Å². The summed E-state index contributed by atoms with van der Waals surface area (Å²) in [6.45, 7) is 2.76. The minimum Gasteiger partial charge on any atom is -0.497 e. The molecule has 0 aliphatic carbocycles. The molecule has 2 aromatic rings. The van der Waals surface area contributed by atoms with E-state index in [0.29, 0.717) is 18.8 Å². The van der Waals surface area contributed by atoms with Crippen molar-refractivity contribution in [2.75, 3.05) is 27.3 Å².